The van der Waals surface area contributed by atoms with Crippen LogP contribution >= 0.6 is 0 Å². The van der Waals surface area contributed by atoms with E-state index in [2.05, 4.69) is 15.3 Å². The Balaban J connectivity index is 1.23. The van der Waals surface area contributed by atoms with Crippen LogP contribution in [0.5, 0.6) is 0 Å². The highest BCUT2D eigenvalue weighted by Gasteiger charge is 2.25. The summed E-state index contributed by atoms with van der Waals surface area (Å²) in [5.41, 5.74) is 2.92. The lowest BCUT2D eigenvalue weighted by atomic mass is 9.92. The summed E-state index contributed by atoms with van der Waals surface area (Å²) >= 11 is 0. The number of nitrogens with zero attached hydrogens (tertiary/aromatic N) is 2. The van der Waals surface area contributed by atoms with Crippen LogP contribution in [-0.4, -0.2) is 39.8 Å². The fourth-order valence-corrected chi connectivity index (χ4v) is 4.08. The quantitative estimate of drug-likeness (QED) is 0.659. The summed E-state index contributed by atoms with van der Waals surface area (Å²) in [4.78, 5) is 34.8. The maximum atomic E-state index is 12.5. The van der Waals surface area contributed by atoms with Gasteiger partial charge in [-0.3, -0.25) is 9.59 Å². The van der Waals surface area contributed by atoms with Gasteiger partial charge in [0, 0.05) is 19.5 Å². The maximum absolute atomic E-state index is 12.5. The molecule has 2 heterocycles. The third-order valence-electron chi connectivity index (χ3n) is 5.83. The smallest absolute Gasteiger partial charge is 0.226 e. The third-order valence-corrected chi connectivity index (χ3v) is 5.83. The minimum atomic E-state index is -0.169. The lowest BCUT2D eigenvalue weighted by molar-refractivity contribution is -0.132. The molecule has 2 amide bonds. The summed E-state index contributed by atoms with van der Waals surface area (Å²) in [5.74, 6) is 1.29. The van der Waals surface area contributed by atoms with Gasteiger partial charge < -0.3 is 15.2 Å². The number of para-hydroxylation sites is 2. The highest BCUT2D eigenvalue weighted by atomic mass is 16.2. The van der Waals surface area contributed by atoms with Gasteiger partial charge in [-0.15, -0.1) is 0 Å². The molecule has 0 saturated carbocycles. The van der Waals surface area contributed by atoms with Crippen molar-refractivity contribution >= 4 is 22.8 Å². The number of piperidine rings is 1. The molecule has 6 nitrogen and oxygen atoms in total. The minimum absolute atomic E-state index is 0.0389. The molecular weight excluding hydrogens is 376 g/mol. The number of imidazole rings is 1. The fourth-order valence-electron chi connectivity index (χ4n) is 4.08. The summed E-state index contributed by atoms with van der Waals surface area (Å²) in [6, 6.07) is 17.5. The molecule has 3 aromatic rings. The van der Waals surface area contributed by atoms with Crippen molar-refractivity contribution in [2.75, 3.05) is 13.1 Å². The number of hydrogen-bond donors (Lipinski definition) is 2. The Kier molecular flexibility index (Phi) is 6.12. The molecule has 0 spiro atoms. The topological polar surface area (TPSA) is 78.1 Å². The number of carbonyl (C=O) groups is 2. The first-order valence-electron chi connectivity index (χ1n) is 10.6. The van der Waals surface area contributed by atoms with E-state index in [-0.39, 0.29) is 17.9 Å². The molecular formula is C24H28N4O2. The van der Waals surface area contributed by atoms with E-state index in [1.54, 1.807) is 0 Å². The number of likely N-dealkylation sites (tertiary alicyclic amines) is 1. The molecule has 1 atom stereocenters. The van der Waals surface area contributed by atoms with Crippen LogP contribution in [0.3, 0.4) is 0 Å². The summed E-state index contributed by atoms with van der Waals surface area (Å²) in [5, 5.41) is 3.06. The number of H-pyrrole nitrogens is 1. The van der Waals surface area contributed by atoms with Gasteiger partial charge in [0.25, 0.3) is 0 Å². The molecule has 1 aromatic heterocycles. The first kappa shape index (κ1) is 20.1. The number of aromatic nitrogens is 2. The zero-order valence-electron chi connectivity index (χ0n) is 17.3. The van der Waals surface area contributed by atoms with Crippen LogP contribution in [0.4, 0.5) is 0 Å². The normalized spacial score (nSPS) is 15.8. The van der Waals surface area contributed by atoms with Crippen LogP contribution < -0.4 is 5.32 Å². The number of benzene rings is 2. The van der Waals surface area contributed by atoms with E-state index in [1.165, 1.54) is 0 Å². The molecule has 6 heteroatoms. The Bertz CT molecular complexity index is 973. The van der Waals surface area contributed by atoms with Gasteiger partial charge in [0.05, 0.1) is 23.5 Å². The summed E-state index contributed by atoms with van der Waals surface area (Å²) in [6.45, 7) is 3.39. The number of rotatable bonds is 6. The third kappa shape index (κ3) is 4.87. The lowest BCUT2D eigenvalue weighted by Gasteiger charge is -2.32. The van der Waals surface area contributed by atoms with Gasteiger partial charge in [-0.2, -0.15) is 0 Å². The van der Waals surface area contributed by atoms with E-state index in [0.717, 1.165) is 48.4 Å². The highest BCUT2D eigenvalue weighted by Crippen LogP contribution is 2.22. The van der Waals surface area contributed by atoms with Crippen LogP contribution in [0, 0.1) is 5.92 Å². The van der Waals surface area contributed by atoms with E-state index in [4.69, 9.17) is 0 Å². The molecule has 0 radical (unpaired) electrons. The van der Waals surface area contributed by atoms with Gasteiger partial charge in [0.2, 0.25) is 11.8 Å². The zero-order valence-corrected chi connectivity index (χ0v) is 17.3. The van der Waals surface area contributed by atoms with Crippen molar-refractivity contribution in [2.24, 2.45) is 5.92 Å². The predicted octanol–water partition coefficient (Wildman–Crippen LogP) is 3.61. The van der Waals surface area contributed by atoms with Gasteiger partial charge in [0.1, 0.15) is 5.82 Å². The van der Waals surface area contributed by atoms with Crippen LogP contribution in [0.2, 0.25) is 0 Å². The first-order valence-corrected chi connectivity index (χ1v) is 10.6. The second kappa shape index (κ2) is 9.11. The molecule has 1 saturated heterocycles. The summed E-state index contributed by atoms with van der Waals surface area (Å²) in [6.07, 6.45) is 2.67. The van der Waals surface area contributed by atoms with Gasteiger partial charge in [-0.05, 0) is 43.4 Å². The van der Waals surface area contributed by atoms with E-state index < -0.39 is 0 Å². The molecule has 156 valence electrons. The Morgan fingerprint density at radius 3 is 2.53 bits per heavy atom. The predicted molar refractivity (Wildman–Crippen MR) is 117 cm³/mol. The van der Waals surface area contributed by atoms with Gasteiger partial charge in [-0.25, -0.2) is 4.98 Å². The minimum Gasteiger partial charge on any atom is -0.346 e. The van der Waals surface area contributed by atoms with Gasteiger partial charge in [-0.1, -0.05) is 42.5 Å². The molecule has 4 rings (SSSR count). The van der Waals surface area contributed by atoms with E-state index >= 15 is 0 Å². The van der Waals surface area contributed by atoms with Crippen LogP contribution in [-0.2, 0) is 16.0 Å². The average Bonchev–Trinajstić information content (AvgIpc) is 3.19. The average molecular weight is 405 g/mol. The Morgan fingerprint density at radius 1 is 1.10 bits per heavy atom. The molecule has 2 N–H and O–H groups in total. The number of fused-ring (bicyclic) bond motifs is 1. The fraction of sp³-hybridized carbons (Fsp3) is 0.375. The van der Waals surface area contributed by atoms with Crippen molar-refractivity contribution < 1.29 is 9.59 Å². The number of carbonyl (C=O) groups excluding carboxylic acids is 2. The summed E-state index contributed by atoms with van der Waals surface area (Å²) in [7, 11) is 0. The van der Waals surface area contributed by atoms with Gasteiger partial charge >= 0.3 is 0 Å². The number of hydrogen-bond acceptors (Lipinski definition) is 3. The first-order chi connectivity index (χ1) is 14.6. The second-order valence-electron chi connectivity index (χ2n) is 8.12. The molecule has 0 bridgehead atoms. The van der Waals surface area contributed by atoms with Crippen molar-refractivity contribution in [1.29, 1.82) is 0 Å². The number of nitrogens with one attached hydrogen (secondary N) is 2. The van der Waals surface area contributed by atoms with Crippen LogP contribution in [0.15, 0.2) is 54.6 Å². The van der Waals surface area contributed by atoms with Crippen molar-refractivity contribution in [2.45, 2.75) is 38.6 Å². The monoisotopic (exact) mass is 404 g/mol. The van der Waals surface area contributed by atoms with E-state index in [1.807, 2.05) is 66.4 Å². The van der Waals surface area contributed by atoms with E-state index in [0.29, 0.717) is 18.8 Å². The zero-order chi connectivity index (χ0) is 20.9. The number of aromatic amines is 1. The largest absolute Gasteiger partial charge is 0.346 e. The Hall–Kier alpha value is -3.15. The lowest BCUT2D eigenvalue weighted by Crippen LogP contribution is -2.40. The van der Waals surface area contributed by atoms with E-state index in [9.17, 15) is 9.59 Å². The molecule has 1 aliphatic rings. The van der Waals surface area contributed by atoms with Crippen molar-refractivity contribution in [3.05, 3.63) is 66.0 Å². The van der Waals surface area contributed by atoms with Crippen LogP contribution in [0.1, 0.15) is 43.6 Å². The Labute approximate surface area is 176 Å². The molecule has 1 aliphatic heterocycles. The second-order valence-corrected chi connectivity index (χ2v) is 8.12. The van der Waals surface area contributed by atoms with Crippen molar-refractivity contribution in [3.63, 3.8) is 0 Å². The Morgan fingerprint density at radius 2 is 1.80 bits per heavy atom. The molecule has 0 aliphatic carbocycles. The summed E-state index contributed by atoms with van der Waals surface area (Å²) < 4.78 is 0. The van der Waals surface area contributed by atoms with Gasteiger partial charge in [0.15, 0.2) is 0 Å². The van der Waals surface area contributed by atoms with Crippen molar-refractivity contribution in [3.8, 4) is 0 Å². The molecule has 1 unspecified atom stereocenters. The molecule has 1 fully saturated rings. The highest BCUT2D eigenvalue weighted by molar-refractivity contribution is 5.79. The molecule has 2 aromatic carbocycles. The standard InChI is InChI=1S/C24H28N4O2/c1-17(24-26-20-9-5-6-10-21(20)27-24)25-22(29)15-19-11-13-28(14-12-19)23(30)16-18-7-3-2-4-8-18/h2-10,17,19H,11-16H2,1H3,(H,25,29)(H,26,27). The maximum Gasteiger partial charge on any atom is 0.226 e. The molecule has 30 heavy (non-hydrogen) atoms. The SMILES string of the molecule is CC(NC(=O)CC1CCN(C(=O)Cc2ccccc2)CC1)c1nc2ccccc2[nH]1. The number of amides is 2. The van der Waals surface area contributed by atoms with Crippen LogP contribution in [0.25, 0.3) is 11.0 Å². The van der Waals surface area contributed by atoms with Crippen molar-refractivity contribution in [1.82, 2.24) is 20.2 Å².